The van der Waals surface area contributed by atoms with Crippen LogP contribution in [0, 0.1) is 0 Å². The summed E-state index contributed by atoms with van der Waals surface area (Å²) in [5, 5.41) is 23.2. The molecule has 0 spiro atoms. The van der Waals surface area contributed by atoms with Gasteiger partial charge in [-0.3, -0.25) is 9.59 Å². The Balaban J connectivity index is 3.45. The Hall–Kier alpha value is -1.66. The average molecular weight is 1030 g/mol. The first-order chi connectivity index (χ1) is 36.0. The zero-order valence-electron chi connectivity index (χ0n) is 49.4. The molecule has 0 aliphatic carbocycles. The quantitative estimate of drug-likeness (QED) is 0.0320. The van der Waals surface area contributed by atoms with Crippen molar-refractivity contribution < 1.29 is 24.5 Å². The largest absolute Gasteiger partial charge is 0.466 e. The smallest absolute Gasteiger partial charge is 0.305 e. The molecule has 6 nitrogen and oxygen atoms in total. The summed E-state index contributed by atoms with van der Waals surface area (Å²) in [5.74, 6) is -0.0717. The van der Waals surface area contributed by atoms with Gasteiger partial charge in [0.2, 0.25) is 5.91 Å². The van der Waals surface area contributed by atoms with Crippen LogP contribution in [0.2, 0.25) is 0 Å². The molecule has 0 rings (SSSR count). The van der Waals surface area contributed by atoms with Crippen LogP contribution in [0.15, 0.2) is 24.3 Å². The first kappa shape index (κ1) is 71.3. The van der Waals surface area contributed by atoms with Crippen LogP contribution in [0.4, 0.5) is 0 Å². The molecule has 0 aromatic carbocycles. The fourth-order valence-corrected chi connectivity index (χ4v) is 10.4. The molecule has 0 aliphatic rings. The second kappa shape index (κ2) is 62.9. The van der Waals surface area contributed by atoms with Crippen LogP contribution in [0.5, 0.6) is 0 Å². The van der Waals surface area contributed by atoms with E-state index in [9.17, 15) is 19.8 Å². The highest BCUT2D eigenvalue weighted by atomic mass is 16.5. The van der Waals surface area contributed by atoms with E-state index in [0.29, 0.717) is 19.4 Å². The number of amides is 1. The summed E-state index contributed by atoms with van der Waals surface area (Å²) in [6.07, 6.45) is 78.0. The number of nitrogens with one attached hydrogen (secondary N) is 1. The maximum Gasteiger partial charge on any atom is 0.305 e. The number of ether oxygens (including phenoxy) is 1. The Kier molecular flexibility index (Phi) is 61.4. The van der Waals surface area contributed by atoms with Crippen LogP contribution in [0.1, 0.15) is 367 Å². The van der Waals surface area contributed by atoms with E-state index >= 15 is 0 Å². The van der Waals surface area contributed by atoms with Crippen LogP contribution < -0.4 is 5.32 Å². The van der Waals surface area contributed by atoms with E-state index < -0.39 is 12.1 Å². The van der Waals surface area contributed by atoms with Gasteiger partial charge in [0.1, 0.15) is 0 Å². The highest BCUT2D eigenvalue weighted by molar-refractivity contribution is 5.76. The zero-order chi connectivity index (χ0) is 52.9. The lowest BCUT2D eigenvalue weighted by Gasteiger charge is -2.20. The standard InChI is InChI=1S/C67H129NO5/c1-3-5-7-9-11-13-15-17-19-21-23-24-27-31-35-39-43-47-51-55-59-65(70)64(63-69)68-66(71)60-56-52-48-44-40-36-32-28-25-26-30-34-38-42-46-50-54-58-62-73-67(72)61-57-53-49-45-41-37-33-29-22-20-18-16-14-12-10-8-6-4-2/h28,32,55,59,64-65,69-70H,3-27,29-31,33-54,56-58,60-63H2,1-2H3,(H,68,71)/b32-28-,59-55+. The van der Waals surface area contributed by atoms with Gasteiger partial charge in [-0.25, -0.2) is 0 Å². The Morgan fingerprint density at radius 3 is 0.973 bits per heavy atom. The maximum atomic E-state index is 12.5. The van der Waals surface area contributed by atoms with E-state index in [1.807, 2.05) is 6.08 Å². The molecular formula is C67H129NO5. The van der Waals surface area contributed by atoms with Crippen LogP contribution >= 0.6 is 0 Å². The van der Waals surface area contributed by atoms with Gasteiger partial charge < -0.3 is 20.3 Å². The van der Waals surface area contributed by atoms with Crippen molar-refractivity contribution in [1.29, 1.82) is 0 Å². The molecule has 3 N–H and O–H groups in total. The fourth-order valence-electron chi connectivity index (χ4n) is 10.4. The van der Waals surface area contributed by atoms with Crippen LogP contribution in [-0.2, 0) is 14.3 Å². The molecule has 0 aliphatic heterocycles. The lowest BCUT2D eigenvalue weighted by atomic mass is 10.0. The molecule has 73 heavy (non-hydrogen) atoms. The zero-order valence-corrected chi connectivity index (χ0v) is 49.4. The number of hydrogen-bond donors (Lipinski definition) is 3. The van der Waals surface area contributed by atoms with E-state index in [-0.39, 0.29) is 18.5 Å². The molecule has 0 aromatic heterocycles. The number of aliphatic hydroxyl groups is 2. The molecule has 0 aromatic rings. The van der Waals surface area contributed by atoms with Crippen molar-refractivity contribution in [2.45, 2.75) is 379 Å². The van der Waals surface area contributed by atoms with E-state index in [1.54, 1.807) is 6.08 Å². The molecule has 0 bridgehead atoms. The fraction of sp³-hybridized carbons (Fsp3) is 0.910. The number of rotatable bonds is 62. The minimum absolute atomic E-state index is 0.00724. The minimum Gasteiger partial charge on any atom is -0.466 e. The van der Waals surface area contributed by atoms with Gasteiger partial charge in [-0.2, -0.15) is 0 Å². The molecular weight excluding hydrogens is 899 g/mol. The average Bonchev–Trinajstić information content (AvgIpc) is 3.39. The van der Waals surface area contributed by atoms with Gasteiger partial charge in [0, 0.05) is 12.8 Å². The lowest BCUT2D eigenvalue weighted by Crippen LogP contribution is -2.45. The molecule has 0 saturated heterocycles. The molecule has 1 amide bonds. The molecule has 0 saturated carbocycles. The molecule has 0 radical (unpaired) electrons. The van der Waals surface area contributed by atoms with Gasteiger partial charge in [-0.05, 0) is 57.8 Å². The Morgan fingerprint density at radius 1 is 0.370 bits per heavy atom. The predicted molar refractivity (Wildman–Crippen MR) is 320 cm³/mol. The topological polar surface area (TPSA) is 95.9 Å². The summed E-state index contributed by atoms with van der Waals surface area (Å²) < 4.78 is 5.50. The second-order valence-corrected chi connectivity index (χ2v) is 22.8. The van der Waals surface area contributed by atoms with Crippen molar-refractivity contribution in [1.82, 2.24) is 5.32 Å². The van der Waals surface area contributed by atoms with Crippen LogP contribution in [0.3, 0.4) is 0 Å². The van der Waals surface area contributed by atoms with Crippen molar-refractivity contribution >= 4 is 11.9 Å². The summed E-state index contributed by atoms with van der Waals surface area (Å²) in [4.78, 5) is 24.6. The number of aliphatic hydroxyl groups excluding tert-OH is 2. The third-order valence-corrected chi connectivity index (χ3v) is 15.5. The van der Waals surface area contributed by atoms with E-state index in [0.717, 1.165) is 57.8 Å². The summed E-state index contributed by atoms with van der Waals surface area (Å²) in [5.41, 5.74) is 0. The van der Waals surface area contributed by atoms with Crippen molar-refractivity contribution in [3.8, 4) is 0 Å². The van der Waals surface area contributed by atoms with Crippen molar-refractivity contribution in [3.63, 3.8) is 0 Å². The van der Waals surface area contributed by atoms with E-state index in [4.69, 9.17) is 4.74 Å². The van der Waals surface area contributed by atoms with Crippen LogP contribution in [0.25, 0.3) is 0 Å². The normalized spacial score (nSPS) is 12.7. The van der Waals surface area contributed by atoms with Crippen molar-refractivity contribution in [2.24, 2.45) is 0 Å². The number of unbranched alkanes of at least 4 members (excludes halogenated alkanes) is 49. The summed E-state index contributed by atoms with van der Waals surface area (Å²) in [6.45, 7) is 4.93. The number of carbonyl (C=O) groups excluding carboxylic acids is 2. The minimum atomic E-state index is -0.854. The monoisotopic (exact) mass is 1030 g/mol. The molecule has 0 fully saturated rings. The number of hydrogen-bond acceptors (Lipinski definition) is 5. The van der Waals surface area contributed by atoms with Gasteiger partial charge in [0.25, 0.3) is 0 Å². The van der Waals surface area contributed by atoms with Gasteiger partial charge >= 0.3 is 5.97 Å². The summed E-state index contributed by atoms with van der Waals surface area (Å²) >= 11 is 0. The number of carbonyl (C=O) groups is 2. The van der Waals surface area contributed by atoms with Crippen LogP contribution in [-0.4, -0.2) is 47.4 Å². The number of esters is 1. The Bertz CT molecular complexity index is 1140. The summed E-state index contributed by atoms with van der Waals surface area (Å²) in [6, 6.07) is -0.639. The molecule has 6 heteroatoms. The first-order valence-corrected chi connectivity index (χ1v) is 33.1. The summed E-state index contributed by atoms with van der Waals surface area (Å²) in [7, 11) is 0. The van der Waals surface area contributed by atoms with E-state index in [1.165, 1.54) is 283 Å². The second-order valence-electron chi connectivity index (χ2n) is 22.8. The lowest BCUT2D eigenvalue weighted by molar-refractivity contribution is -0.143. The Labute approximate surface area is 456 Å². The highest BCUT2D eigenvalue weighted by Gasteiger charge is 2.18. The molecule has 432 valence electrons. The first-order valence-electron chi connectivity index (χ1n) is 33.1. The SMILES string of the molecule is CCCCCCCCCCCCCCCCCCCC/C=C/C(O)C(CO)NC(=O)CCCCCCC/C=C\CCCCCCCCCCCOC(=O)CCCCCCCCCCCCCCCCCCCC. The third-order valence-electron chi connectivity index (χ3n) is 15.5. The van der Waals surface area contributed by atoms with Gasteiger partial charge in [0.15, 0.2) is 0 Å². The van der Waals surface area contributed by atoms with Gasteiger partial charge in [-0.1, -0.05) is 321 Å². The van der Waals surface area contributed by atoms with Crippen molar-refractivity contribution in [2.75, 3.05) is 13.2 Å². The number of allylic oxidation sites excluding steroid dienone is 3. The molecule has 2 unspecified atom stereocenters. The predicted octanol–water partition coefficient (Wildman–Crippen LogP) is 21.0. The van der Waals surface area contributed by atoms with E-state index in [2.05, 4.69) is 31.3 Å². The maximum absolute atomic E-state index is 12.5. The molecule has 0 heterocycles. The Morgan fingerprint density at radius 2 is 0.644 bits per heavy atom. The highest BCUT2D eigenvalue weighted by Crippen LogP contribution is 2.18. The van der Waals surface area contributed by atoms with Gasteiger partial charge in [0.05, 0.1) is 25.4 Å². The van der Waals surface area contributed by atoms with Crippen molar-refractivity contribution in [3.05, 3.63) is 24.3 Å². The third kappa shape index (κ3) is 59.4. The van der Waals surface area contributed by atoms with Gasteiger partial charge in [-0.15, -0.1) is 0 Å². The molecule has 2 atom stereocenters.